The summed E-state index contributed by atoms with van der Waals surface area (Å²) in [5, 5.41) is 8.91. The normalized spacial score (nSPS) is 17.2. The highest BCUT2D eigenvalue weighted by molar-refractivity contribution is 6.25. The van der Waals surface area contributed by atoms with Crippen LogP contribution in [0.25, 0.3) is 0 Å². The maximum absolute atomic E-state index is 10.8. The molecular weight excluding hydrogens is 176 g/mol. The molecule has 0 aliphatic heterocycles. The lowest BCUT2D eigenvalue weighted by atomic mass is 9.82. The molecule has 0 saturated heterocycles. The second-order valence-corrected chi connectivity index (χ2v) is 3.57. The highest BCUT2D eigenvalue weighted by Gasteiger charge is 2.30. The van der Waals surface area contributed by atoms with E-state index < -0.39 is 11.4 Å². The van der Waals surface area contributed by atoms with E-state index in [1.165, 1.54) is 5.54 Å². The minimum atomic E-state index is -0.761. The summed E-state index contributed by atoms with van der Waals surface area (Å²) in [5.41, 5.74) is 1.68. The van der Waals surface area contributed by atoms with Gasteiger partial charge in [0.2, 0.25) is 0 Å². The minimum absolute atomic E-state index is 0.516. The largest absolute Gasteiger partial charge is 0.481 e. The van der Waals surface area contributed by atoms with E-state index in [2.05, 4.69) is 0 Å². The zero-order chi connectivity index (χ0) is 9.78. The van der Waals surface area contributed by atoms with Crippen LogP contribution in [0.2, 0.25) is 0 Å². The van der Waals surface area contributed by atoms with Crippen LogP contribution >= 0.6 is 11.6 Å². The highest BCUT2D eigenvalue weighted by atomic mass is 35.5. The van der Waals surface area contributed by atoms with Crippen molar-refractivity contribution < 1.29 is 9.90 Å². The first-order valence-electron chi connectivity index (χ1n) is 3.95. The summed E-state index contributed by atoms with van der Waals surface area (Å²) in [6.45, 7) is 5.44. The van der Waals surface area contributed by atoms with Gasteiger partial charge in [-0.3, -0.25) is 4.79 Å². The molecule has 0 aromatic carbocycles. The Balaban J connectivity index is 4.45. The molecule has 0 saturated carbocycles. The molecule has 0 rings (SSSR count). The molecule has 0 aliphatic rings. The van der Waals surface area contributed by atoms with E-state index in [9.17, 15) is 4.79 Å². The molecule has 0 aliphatic carbocycles. The van der Waals surface area contributed by atoms with Crippen molar-refractivity contribution in [3.8, 4) is 0 Å². The first-order chi connectivity index (χ1) is 5.46. The maximum atomic E-state index is 10.8. The van der Waals surface area contributed by atoms with Crippen molar-refractivity contribution in [1.29, 1.82) is 0 Å². The maximum Gasteiger partial charge on any atom is 0.309 e. The van der Waals surface area contributed by atoms with Crippen LogP contribution in [0, 0.1) is 5.41 Å². The number of allylic oxidation sites excluding steroid dienone is 1. The Hall–Kier alpha value is -0.500. The lowest BCUT2D eigenvalue weighted by Gasteiger charge is -2.22. The van der Waals surface area contributed by atoms with Crippen molar-refractivity contribution in [2.24, 2.45) is 5.41 Å². The van der Waals surface area contributed by atoms with Gasteiger partial charge in [-0.15, -0.1) is 0 Å². The molecule has 0 aromatic rings. The van der Waals surface area contributed by atoms with Crippen LogP contribution in [0.3, 0.4) is 0 Å². The predicted octanol–water partition coefficient (Wildman–Crippen LogP) is 3.02. The molecule has 0 spiro atoms. The standard InChI is InChI=1S/C9H15ClO2/c1-4-9(3,8(11)12)5-7(2)6-10/h6H,4-5H2,1-3H3,(H,11,12). The zero-order valence-electron chi connectivity index (χ0n) is 7.72. The third-order valence-electron chi connectivity index (χ3n) is 2.15. The molecule has 0 bridgehead atoms. The van der Waals surface area contributed by atoms with Gasteiger partial charge in [0, 0.05) is 5.54 Å². The van der Waals surface area contributed by atoms with E-state index in [-0.39, 0.29) is 0 Å². The second kappa shape index (κ2) is 4.51. The molecule has 3 heteroatoms. The van der Waals surface area contributed by atoms with Gasteiger partial charge in [-0.25, -0.2) is 0 Å². The van der Waals surface area contributed by atoms with Crippen LogP contribution in [-0.4, -0.2) is 11.1 Å². The van der Waals surface area contributed by atoms with Gasteiger partial charge in [0.1, 0.15) is 0 Å². The summed E-state index contributed by atoms with van der Waals surface area (Å²) in [7, 11) is 0. The van der Waals surface area contributed by atoms with E-state index in [0.717, 1.165) is 5.57 Å². The third-order valence-corrected chi connectivity index (χ3v) is 2.52. The van der Waals surface area contributed by atoms with Crippen LogP contribution < -0.4 is 0 Å². The quantitative estimate of drug-likeness (QED) is 0.740. The van der Waals surface area contributed by atoms with Crippen molar-refractivity contribution in [3.63, 3.8) is 0 Å². The average Bonchev–Trinajstić information content (AvgIpc) is 2.03. The van der Waals surface area contributed by atoms with Crippen LogP contribution in [0.4, 0.5) is 0 Å². The number of halogens is 1. The van der Waals surface area contributed by atoms with Crippen LogP contribution in [0.15, 0.2) is 11.1 Å². The molecular formula is C9H15ClO2. The number of hydrogen-bond donors (Lipinski definition) is 1. The molecule has 0 radical (unpaired) electrons. The van der Waals surface area contributed by atoms with Crippen molar-refractivity contribution >= 4 is 17.6 Å². The van der Waals surface area contributed by atoms with Crippen molar-refractivity contribution in [1.82, 2.24) is 0 Å². The molecule has 0 aromatic heterocycles. The summed E-state index contributed by atoms with van der Waals surface area (Å²) < 4.78 is 0. The SMILES string of the molecule is CCC(C)(CC(C)=CCl)C(=O)O. The van der Waals surface area contributed by atoms with Gasteiger partial charge in [0.25, 0.3) is 0 Å². The number of carboxylic acids is 1. The Morgan fingerprint density at radius 2 is 2.17 bits per heavy atom. The Bertz CT molecular complexity index is 199. The van der Waals surface area contributed by atoms with Crippen LogP contribution in [-0.2, 0) is 4.79 Å². The van der Waals surface area contributed by atoms with Crippen molar-refractivity contribution in [3.05, 3.63) is 11.1 Å². The van der Waals surface area contributed by atoms with E-state index in [0.29, 0.717) is 12.8 Å². The molecule has 2 nitrogen and oxygen atoms in total. The molecule has 70 valence electrons. The summed E-state index contributed by atoms with van der Waals surface area (Å²) in [6, 6.07) is 0. The van der Waals surface area contributed by atoms with Gasteiger partial charge in [-0.05, 0) is 26.7 Å². The number of aliphatic carboxylic acids is 1. The monoisotopic (exact) mass is 190 g/mol. The Kier molecular flexibility index (Phi) is 4.32. The van der Waals surface area contributed by atoms with Crippen molar-refractivity contribution in [2.45, 2.75) is 33.6 Å². The molecule has 1 N–H and O–H groups in total. The molecule has 0 fully saturated rings. The fourth-order valence-corrected chi connectivity index (χ4v) is 1.08. The smallest absolute Gasteiger partial charge is 0.309 e. The second-order valence-electron chi connectivity index (χ2n) is 3.35. The summed E-state index contributed by atoms with van der Waals surface area (Å²) in [4.78, 5) is 10.8. The molecule has 1 atom stereocenters. The molecule has 0 amide bonds. The number of carboxylic acid groups (broad SMARTS) is 1. The summed E-state index contributed by atoms with van der Waals surface area (Å²) >= 11 is 5.46. The van der Waals surface area contributed by atoms with Crippen molar-refractivity contribution in [2.75, 3.05) is 0 Å². The highest BCUT2D eigenvalue weighted by Crippen LogP contribution is 2.29. The van der Waals surface area contributed by atoms with E-state index in [1.54, 1.807) is 6.92 Å². The van der Waals surface area contributed by atoms with Gasteiger partial charge in [-0.1, -0.05) is 24.1 Å². The lowest BCUT2D eigenvalue weighted by molar-refractivity contribution is -0.148. The molecule has 12 heavy (non-hydrogen) atoms. The number of hydrogen-bond acceptors (Lipinski definition) is 1. The van der Waals surface area contributed by atoms with Gasteiger partial charge in [0.05, 0.1) is 5.41 Å². The fourth-order valence-electron chi connectivity index (χ4n) is 1.01. The Morgan fingerprint density at radius 3 is 2.42 bits per heavy atom. The molecule has 0 heterocycles. The van der Waals surface area contributed by atoms with Gasteiger partial charge >= 0.3 is 5.97 Å². The minimum Gasteiger partial charge on any atom is -0.481 e. The third kappa shape index (κ3) is 2.86. The Labute approximate surface area is 78.2 Å². The number of rotatable bonds is 4. The summed E-state index contributed by atoms with van der Waals surface area (Å²) in [5.74, 6) is -0.761. The summed E-state index contributed by atoms with van der Waals surface area (Å²) in [6.07, 6.45) is 1.13. The Morgan fingerprint density at radius 1 is 1.67 bits per heavy atom. The first kappa shape index (κ1) is 11.5. The molecule has 1 unspecified atom stereocenters. The van der Waals surface area contributed by atoms with E-state index >= 15 is 0 Å². The van der Waals surface area contributed by atoms with Crippen LogP contribution in [0.1, 0.15) is 33.6 Å². The lowest BCUT2D eigenvalue weighted by Crippen LogP contribution is -2.26. The fraction of sp³-hybridized carbons (Fsp3) is 0.667. The van der Waals surface area contributed by atoms with E-state index in [4.69, 9.17) is 16.7 Å². The van der Waals surface area contributed by atoms with Crippen LogP contribution in [0.5, 0.6) is 0 Å². The average molecular weight is 191 g/mol. The van der Waals surface area contributed by atoms with Gasteiger partial charge < -0.3 is 5.11 Å². The first-order valence-corrected chi connectivity index (χ1v) is 4.39. The zero-order valence-corrected chi connectivity index (χ0v) is 8.48. The number of carbonyl (C=O) groups is 1. The van der Waals surface area contributed by atoms with Gasteiger partial charge in [0.15, 0.2) is 0 Å². The topological polar surface area (TPSA) is 37.3 Å². The van der Waals surface area contributed by atoms with E-state index in [1.807, 2.05) is 13.8 Å². The van der Waals surface area contributed by atoms with Gasteiger partial charge in [-0.2, -0.15) is 0 Å². The predicted molar refractivity (Wildman–Crippen MR) is 50.3 cm³/mol.